The van der Waals surface area contributed by atoms with Crippen molar-refractivity contribution in [3.8, 4) is 11.5 Å². The van der Waals surface area contributed by atoms with Crippen molar-refractivity contribution in [3.05, 3.63) is 118 Å². The molecule has 0 aliphatic carbocycles. The molecule has 12 heteroatoms. The second-order valence-electron chi connectivity index (χ2n) is 11.5. The van der Waals surface area contributed by atoms with Crippen LogP contribution >= 0.6 is 23.2 Å². The maximum absolute atomic E-state index is 14.7. The normalized spacial score (nSPS) is 11.9. The van der Waals surface area contributed by atoms with Crippen molar-refractivity contribution in [1.29, 1.82) is 0 Å². The molecule has 0 saturated carbocycles. The molecule has 0 aliphatic rings. The number of methoxy groups -OCH3 is 2. The molecule has 1 atom stereocenters. The number of nitrogens with one attached hydrogen (secondary N) is 1. The van der Waals surface area contributed by atoms with Crippen LogP contribution in [0.5, 0.6) is 11.5 Å². The minimum Gasteiger partial charge on any atom is -0.497 e. The summed E-state index contributed by atoms with van der Waals surface area (Å²) in [5, 5.41) is 3.63. The first-order valence-electron chi connectivity index (χ1n) is 15.2. The molecule has 0 radical (unpaired) electrons. The molecule has 4 aromatic carbocycles. The summed E-state index contributed by atoms with van der Waals surface area (Å²) in [5.41, 5.74) is 2.28. The number of halogens is 2. The number of hydrogen-bond donors (Lipinski definition) is 1. The minimum atomic E-state index is -4.36. The summed E-state index contributed by atoms with van der Waals surface area (Å²) in [6, 6.07) is 23.9. The highest BCUT2D eigenvalue weighted by Crippen LogP contribution is 2.36. The highest BCUT2D eigenvalue weighted by atomic mass is 35.5. The lowest BCUT2D eigenvalue weighted by molar-refractivity contribution is -0.140. The first-order valence-corrected chi connectivity index (χ1v) is 17.4. The Hall–Kier alpha value is -4.25. The van der Waals surface area contributed by atoms with Crippen molar-refractivity contribution in [2.75, 3.05) is 25.1 Å². The predicted molar refractivity (Wildman–Crippen MR) is 189 cm³/mol. The molecule has 0 spiro atoms. The molecule has 1 N–H and O–H groups in total. The van der Waals surface area contributed by atoms with E-state index in [1.807, 2.05) is 51.1 Å². The lowest BCUT2D eigenvalue weighted by atomic mass is 10.0. The van der Waals surface area contributed by atoms with Crippen LogP contribution in [0.25, 0.3) is 0 Å². The molecule has 4 rings (SSSR count). The molecule has 254 valence electrons. The summed E-state index contributed by atoms with van der Waals surface area (Å²) in [4.78, 5) is 29.9. The second-order valence-corrected chi connectivity index (χ2v) is 14.2. The maximum Gasteiger partial charge on any atom is 0.264 e. The molecule has 0 aromatic heterocycles. The zero-order chi connectivity index (χ0) is 35.0. The Bertz CT molecular complexity index is 1840. The average molecular weight is 713 g/mol. The van der Waals surface area contributed by atoms with Crippen molar-refractivity contribution in [3.63, 3.8) is 0 Å². The SMILES string of the molecule is COc1ccc(OC)c(N(CC(=O)N(Cc2ccc(Cl)cc2Cl)[C@H](Cc2ccccc2)C(=O)NC(C)C)S(=O)(=O)c2ccc(C)cc2)c1. The van der Waals surface area contributed by atoms with Gasteiger partial charge in [0.15, 0.2) is 0 Å². The highest BCUT2D eigenvalue weighted by Gasteiger charge is 2.36. The smallest absolute Gasteiger partial charge is 0.264 e. The second kappa shape index (κ2) is 16.2. The van der Waals surface area contributed by atoms with Crippen LogP contribution in [0.4, 0.5) is 5.69 Å². The Morgan fingerprint density at radius 1 is 0.875 bits per heavy atom. The first-order chi connectivity index (χ1) is 22.8. The van der Waals surface area contributed by atoms with Crippen LogP contribution in [0.2, 0.25) is 10.0 Å². The van der Waals surface area contributed by atoms with Gasteiger partial charge in [-0.2, -0.15) is 0 Å². The van der Waals surface area contributed by atoms with Crippen LogP contribution in [0.3, 0.4) is 0 Å². The third kappa shape index (κ3) is 9.00. The van der Waals surface area contributed by atoms with Gasteiger partial charge < -0.3 is 19.7 Å². The van der Waals surface area contributed by atoms with Crippen LogP contribution in [-0.4, -0.2) is 58.0 Å². The summed E-state index contributed by atoms with van der Waals surface area (Å²) in [5.74, 6) is -0.504. The van der Waals surface area contributed by atoms with Crippen LogP contribution in [0.15, 0.2) is 95.9 Å². The number of benzene rings is 4. The zero-order valence-corrected chi connectivity index (χ0v) is 29.8. The first kappa shape index (κ1) is 36.6. The van der Waals surface area contributed by atoms with Gasteiger partial charge in [-0.05, 0) is 68.3 Å². The number of hydrogen-bond acceptors (Lipinski definition) is 6. The Kier molecular flexibility index (Phi) is 12.4. The molecular weight excluding hydrogens is 673 g/mol. The third-order valence-corrected chi connectivity index (χ3v) is 9.96. The van der Waals surface area contributed by atoms with E-state index in [4.69, 9.17) is 32.7 Å². The number of amides is 2. The van der Waals surface area contributed by atoms with Gasteiger partial charge in [0.25, 0.3) is 10.0 Å². The zero-order valence-electron chi connectivity index (χ0n) is 27.4. The van der Waals surface area contributed by atoms with E-state index in [1.54, 1.807) is 42.5 Å². The number of aryl methyl sites for hydroxylation is 1. The molecule has 48 heavy (non-hydrogen) atoms. The van der Waals surface area contributed by atoms with E-state index in [0.717, 1.165) is 15.4 Å². The fourth-order valence-electron chi connectivity index (χ4n) is 5.11. The quantitative estimate of drug-likeness (QED) is 0.157. The van der Waals surface area contributed by atoms with E-state index in [0.29, 0.717) is 21.4 Å². The summed E-state index contributed by atoms with van der Waals surface area (Å²) < 4.78 is 40.8. The van der Waals surface area contributed by atoms with Gasteiger partial charge in [0.2, 0.25) is 11.8 Å². The van der Waals surface area contributed by atoms with Gasteiger partial charge in [-0.15, -0.1) is 0 Å². The van der Waals surface area contributed by atoms with Crippen LogP contribution in [0, 0.1) is 6.92 Å². The fraction of sp³-hybridized carbons (Fsp3) is 0.278. The largest absolute Gasteiger partial charge is 0.497 e. The number of nitrogens with zero attached hydrogens (tertiary/aromatic N) is 2. The Labute approximate surface area is 292 Å². The van der Waals surface area contributed by atoms with Gasteiger partial charge in [0, 0.05) is 35.1 Å². The van der Waals surface area contributed by atoms with E-state index in [2.05, 4.69) is 5.32 Å². The van der Waals surface area contributed by atoms with E-state index >= 15 is 0 Å². The van der Waals surface area contributed by atoms with Crippen molar-refractivity contribution in [1.82, 2.24) is 10.2 Å². The average Bonchev–Trinajstić information content (AvgIpc) is 3.06. The minimum absolute atomic E-state index is 0.0311. The molecule has 0 unspecified atom stereocenters. The third-order valence-electron chi connectivity index (χ3n) is 7.60. The number of sulfonamides is 1. The number of carbonyl (C=O) groups excluding carboxylic acids is 2. The van der Waals surface area contributed by atoms with Gasteiger partial charge in [-0.3, -0.25) is 13.9 Å². The van der Waals surface area contributed by atoms with Gasteiger partial charge in [0.05, 0.1) is 24.8 Å². The topological polar surface area (TPSA) is 105 Å². The Morgan fingerprint density at radius 2 is 1.56 bits per heavy atom. The van der Waals surface area contributed by atoms with Gasteiger partial charge in [0.1, 0.15) is 24.1 Å². The van der Waals surface area contributed by atoms with Crippen LogP contribution < -0.4 is 19.1 Å². The maximum atomic E-state index is 14.7. The molecule has 2 amide bonds. The van der Waals surface area contributed by atoms with Crippen molar-refractivity contribution in [2.45, 2.75) is 50.7 Å². The summed E-state index contributed by atoms with van der Waals surface area (Å²) >= 11 is 12.8. The highest BCUT2D eigenvalue weighted by molar-refractivity contribution is 7.92. The van der Waals surface area contributed by atoms with Crippen LogP contribution in [-0.2, 0) is 32.6 Å². The predicted octanol–water partition coefficient (Wildman–Crippen LogP) is 6.68. The van der Waals surface area contributed by atoms with Gasteiger partial charge in [-0.1, -0.05) is 77.3 Å². The lowest BCUT2D eigenvalue weighted by Gasteiger charge is -2.34. The van der Waals surface area contributed by atoms with Crippen molar-refractivity contribution < 1.29 is 27.5 Å². The molecule has 9 nitrogen and oxygen atoms in total. The number of carbonyl (C=O) groups is 2. The fourth-order valence-corrected chi connectivity index (χ4v) is 7.00. The molecule has 4 aromatic rings. The lowest BCUT2D eigenvalue weighted by Crippen LogP contribution is -2.54. The van der Waals surface area contributed by atoms with E-state index in [1.165, 1.54) is 37.3 Å². The van der Waals surface area contributed by atoms with E-state index in [9.17, 15) is 18.0 Å². The van der Waals surface area contributed by atoms with E-state index < -0.39 is 34.4 Å². The monoisotopic (exact) mass is 711 g/mol. The molecular formula is C36H39Cl2N3O6S. The number of ether oxygens (including phenoxy) is 2. The molecule has 0 bridgehead atoms. The van der Waals surface area contributed by atoms with Gasteiger partial charge >= 0.3 is 0 Å². The summed E-state index contributed by atoms with van der Waals surface area (Å²) in [6.07, 6.45) is 0.156. The summed E-state index contributed by atoms with van der Waals surface area (Å²) in [6.45, 7) is 4.71. The standard InChI is InChI=1S/C36H39Cl2N3O6S/c1-24(2)39-36(43)33(19-26-9-7-6-8-10-26)40(22-27-13-14-28(37)20-31(27)38)35(42)23-41(32-21-29(46-4)15-18-34(32)47-5)48(44,45)30-16-11-25(3)12-17-30/h6-18,20-21,24,33H,19,22-23H2,1-5H3,(H,39,43)/t33-/m1/s1. The molecule has 0 heterocycles. The van der Waals surface area contributed by atoms with E-state index in [-0.39, 0.29) is 35.3 Å². The van der Waals surface area contributed by atoms with Crippen LogP contribution in [0.1, 0.15) is 30.5 Å². The number of anilines is 1. The molecule has 0 saturated heterocycles. The van der Waals surface area contributed by atoms with Gasteiger partial charge in [-0.25, -0.2) is 8.42 Å². The summed E-state index contributed by atoms with van der Waals surface area (Å²) in [7, 11) is -1.50. The Morgan fingerprint density at radius 3 is 2.17 bits per heavy atom. The molecule has 0 fully saturated rings. The number of rotatable bonds is 14. The molecule has 0 aliphatic heterocycles. The van der Waals surface area contributed by atoms with Crippen molar-refractivity contribution >= 4 is 50.7 Å². The van der Waals surface area contributed by atoms with Crippen molar-refractivity contribution in [2.24, 2.45) is 0 Å². The Balaban J connectivity index is 1.89.